The zero-order valence-corrected chi connectivity index (χ0v) is 11.2. The third-order valence-corrected chi connectivity index (χ3v) is 3.62. The fourth-order valence-corrected chi connectivity index (χ4v) is 2.51. The highest BCUT2D eigenvalue weighted by atomic mass is 19.2. The van der Waals surface area contributed by atoms with E-state index in [4.69, 9.17) is 5.11 Å². The lowest BCUT2D eigenvalue weighted by atomic mass is 9.99. The van der Waals surface area contributed by atoms with Crippen LogP contribution in [0.3, 0.4) is 0 Å². The molecule has 1 aliphatic heterocycles. The fourth-order valence-electron chi connectivity index (χ4n) is 2.51. The molecule has 0 saturated carbocycles. The minimum atomic E-state index is -1.50. The Morgan fingerprint density at radius 3 is 2.38 bits per heavy atom. The molecule has 0 bridgehead atoms. The van der Waals surface area contributed by atoms with Gasteiger partial charge in [-0.05, 0) is 31.4 Å². The second kappa shape index (κ2) is 6.17. The third kappa shape index (κ3) is 3.02. The average Bonchev–Trinajstić information content (AvgIpc) is 2.48. The standard InChI is InChI=1S/C14H15F2NO4/c15-11-5-9(10(14(20)21)6-12(11)16)13(19)17-4-2-1-3-8(17)7-18/h5-6,8,18H,1-4,7H2,(H,20,21). The number of aliphatic hydroxyl groups excluding tert-OH is 1. The molecule has 1 heterocycles. The molecule has 1 aliphatic rings. The van der Waals surface area contributed by atoms with Crippen LogP contribution in [0.25, 0.3) is 0 Å². The van der Waals surface area contributed by atoms with Gasteiger partial charge in [-0.15, -0.1) is 0 Å². The van der Waals surface area contributed by atoms with Crippen LogP contribution in [-0.4, -0.2) is 46.2 Å². The molecule has 114 valence electrons. The Labute approximate surface area is 119 Å². The van der Waals surface area contributed by atoms with Crippen LogP contribution < -0.4 is 0 Å². The predicted molar refractivity (Wildman–Crippen MR) is 69.1 cm³/mol. The van der Waals surface area contributed by atoms with Crippen LogP contribution in [0.2, 0.25) is 0 Å². The maximum absolute atomic E-state index is 13.3. The molecule has 21 heavy (non-hydrogen) atoms. The fraction of sp³-hybridized carbons (Fsp3) is 0.429. The number of carbonyl (C=O) groups excluding carboxylic acids is 1. The monoisotopic (exact) mass is 299 g/mol. The van der Waals surface area contributed by atoms with E-state index in [0.717, 1.165) is 6.42 Å². The summed E-state index contributed by atoms with van der Waals surface area (Å²) in [5.41, 5.74) is -0.983. The molecule has 0 radical (unpaired) electrons. The number of likely N-dealkylation sites (tertiary alicyclic amines) is 1. The number of hydrogen-bond donors (Lipinski definition) is 2. The third-order valence-electron chi connectivity index (χ3n) is 3.62. The number of rotatable bonds is 3. The van der Waals surface area contributed by atoms with Gasteiger partial charge in [-0.25, -0.2) is 13.6 Å². The van der Waals surface area contributed by atoms with E-state index in [1.165, 1.54) is 4.90 Å². The number of carboxylic acid groups (broad SMARTS) is 1. The molecule has 5 nitrogen and oxygen atoms in total. The van der Waals surface area contributed by atoms with E-state index in [0.29, 0.717) is 31.5 Å². The van der Waals surface area contributed by atoms with Crippen molar-refractivity contribution in [3.63, 3.8) is 0 Å². The zero-order valence-electron chi connectivity index (χ0n) is 11.2. The van der Waals surface area contributed by atoms with Crippen LogP contribution in [0.1, 0.15) is 40.0 Å². The molecular weight excluding hydrogens is 284 g/mol. The van der Waals surface area contributed by atoms with Gasteiger partial charge in [-0.1, -0.05) is 0 Å². The van der Waals surface area contributed by atoms with Crippen LogP contribution in [0.15, 0.2) is 12.1 Å². The number of aromatic carboxylic acids is 1. The largest absolute Gasteiger partial charge is 0.478 e. The minimum absolute atomic E-state index is 0.252. The molecule has 0 aromatic heterocycles. The van der Waals surface area contributed by atoms with Gasteiger partial charge in [0.25, 0.3) is 5.91 Å². The second-order valence-electron chi connectivity index (χ2n) is 4.95. The molecule has 0 spiro atoms. The van der Waals surface area contributed by atoms with Crippen LogP contribution in [0, 0.1) is 11.6 Å². The van der Waals surface area contributed by atoms with Crippen molar-refractivity contribution in [1.29, 1.82) is 0 Å². The molecular formula is C14H15F2NO4. The van der Waals surface area contributed by atoms with Gasteiger partial charge in [0.2, 0.25) is 0 Å². The Bertz CT molecular complexity index is 576. The first-order valence-electron chi connectivity index (χ1n) is 6.60. The van der Waals surface area contributed by atoms with E-state index in [1.54, 1.807) is 0 Å². The van der Waals surface area contributed by atoms with E-state index < -0.39 is 40.7 Å². The summed E-state index contributed by atoms with van der Waals surface area (Å²) in [6.45, 7) is 0.0972. The topological polar surface area (TPSA) is 77.8 Å². The van der Waals surface area contributed by atoms with E-state index in [9.17, 15) is 23.5 Å². The normalized spacial score (nSPS) is 18.6. The Morgan fingerprint density at radius 1 is 1.19 bits per heavy atom. The van der Waals surface area contributed by atoms with Gasteiger partial charge in [0.05, 0.1) is 23.8 Å². The van der Waals surface area contributed by atoms with Gasteiger partial charge >= 0.3 is 5.97 Å². The molecule has 1 saturated heterocycles. The Hall–Kier alpha value is -2.02. The van der Waals surface area contributed by atoms with Crippen LogP contribution in [0.5, 0.6) is 0 Å². The quantitative estimate of drug-likeness (QED) is 0.889. The highest BCUT2D eigenvalue weighted by Gasteiger charge is 2.30. The number of carbonyl (C=O) groups is 2. The van der Waals surface area contributed by atoms with Gasteiger partial charge in [-0.2, -0.15) is 0 Å². The number of benzene rings is 1. The van der Waals surface area contributed by atoms with Gasteiger partial charge in [0.1, 0.15) is 0 Å². The van der Waals surface area contributed by atoms with E-state index in [2.05, 4.69) is 0 Å². The van der Waals surface area contributed by atoms with Crippen molar-refractivity contribution in [2.75, 3.05) is 13.2 Å². The lowest BCUT2D eigenvalue weighted by molar-refractivity contribution is 0.0494. The molecule has 1 amide bonds. The van der Waals surface area contributed by atoms with Crippen molar-refractivity contribution in [3.05, 3.63) is 34.9 Å². The number of hydrogen-bond acceptors (Lipinski definition) is 3. The number of amides is 1. The summed E-state index contributed by atoms with van der Waals surface area (Å²) in [7, 11) is 0. The summed E-state index contributed by atoms with van der Waals surface area (Å²) in [6, 6.07) is 0.675. The maximum atomic E-state index is 13.3. The lowest BCUT2D eigenvalue weighted by Gasteiger charge is -2.34. The first-order valence-corrected chi connectivity index (χ1v) is 6.60. The van der Waals surface area contributed by atoms with Crippen molar-refractivity contribution in [2.24, 2.45) is 0 Å². The summed E-state index contributed by atoms with van der Waals surface area (Å²) in [5.74, 6) is -4.80. The van der Waals surface area contributed by atoms with Gasteiger partial charge < -0.3 is 15.1 Å². The van der Waals surface area contributed by atoms with Crippen LogP contribution >= 0.6 is 0 Å². The highest BCUT2D eigenvalue weighted by Crippen LogP contribution is 2.23. The van der Waals surface area contributed by atoms with Crippen molar-refractivity contribution < 1.29 is 28.6 Å². The van der Waals surface area contributed by atoms with E-state index >= 15 is 0 Å². The molecule has 7 heteroatoms. The molecule has 2 rings (SSSR count). The van der Waals surface area contributed by atoms with Crippen molar-refractivity contribution in [3.8, 4) is 0 Å². The zero-order chi connectivity index (χ0) is 15.6. The highest BCUT2D eigenvalue weighted by molar-refractivity contribution is 6.05. The van der Waals surface area contributed by atoms with E-state index in [-0.39, 0.29) is 6.61 Å². The Kier molecular flexibility index (Phi) is 4.52. The second-order valence-corrected chi connectivity index (χ2v) is 4.95. The molecule has 1 unspecified atom stereocenters. The Morgan fingerprint density at radius 2 is 1.81 bits per heavy atom. The summed E-state index contributed by atoms with van der Waals surface area (Å²) in [4.78, 5) is 24.9. The maximum Gasteiger partial charge on any atom is 0.336 e. The number of nitrogens with zero attached hydrogens (tertiary/aromatic N) is 1. The van der Waals surface area contributed by atoms with Crippen molar-refractivity contribution >= 4 is 11.9 Å². The number of aliphatic hydroxyl groups is 1. The molecule has 2 N–H and O–H groups in total. The molecule has 1 fully saturated rings. The van der Waals surface area contributed by atoms with Crippen molar-refractivity contribution in [2.45, 2.75) is 25.3 Å². The van der Waals surface area contributed by atoms with E-state index in [1.807, 2.05) is 0 Å². The number of piperidine rings is 1. The smallest absolute Gasteiger partial charge is 0.336 e. The predicted octanol–water partition coefficient (Wildman–Crippen LogP) is 1.65. The van der Waals surface area contributed by atoms with Gasteiger partial charge in [0.15, 0.2) is 11.6 Å². The lowest BCUT2D eigenvalue weighted by Crippen LogP contribution is -2.46. The number of halogens is 2. The summed E-state index contributed by atoms with van der Waals surface area (Å²) < 4.78 is 26.5. The Balaban J connectivity index is 2.42. The SMILES string of the molecule is O=C(O)c1cc(F)c(F)cc1C(=O)N1CCCCC1CO. The van der Waals surface area contributed by atoms with Crippen LogP contribution in [-0.2, 0) is 0 Å². The summed E-state index contributed by atoms with van der Waals surface area (Å²) in [6.07, 6.45) is 2.15. The summed E-state index contributed by atoms with van der Waals surface area (Å²) in [5, 5.41) is 18.3. The first kappa shape index (κ1) is 15.4. The molecule has 1 aromatic rings. The minimum Gasteiger partial charge on any atom is -0.478 e. The van der Waals surface area contributed by atoms with Gasteiger partial charge in [0, 0.05) is 6.54 Å². The average molecular weight is 299 g/mol. The summed E-state index contributed by atoms with van der Waals surface area (Å²) >= 11 is 0. The number of carboxylic acids is 1. The first-order chi connectivity index (χ1) is 9.95. The van der Waals surface area contributed by atoms with Crippen molar-refractivity contribution in [1.82, 2.24) is 4.90 Å². The van der Waals surface area contributed by atoms with Gasteiger partial charge in [-0.3, -0.25) is 4.79 Å². The molecule has 1 atom stereocenters. The molecule has 1 aromatic carbocycles. The van der Waals surface area contributed by atoms with Crippen LogP contribution in [0.4, 0.5) is 8.78 Å². The molecule has 0 aliphatic carbocycles.